The van der Waals surface area contributed by atoms with Crippen LogP contribution in [0, 0.1) is 16.7 Å². The Balaban J connectivity index is 1.70. The van der Waals surface area contributed by atoms with E-state index in [0.717, 1.165) is 0 Å². The van der Waals surface area contributed by atoms with Crippen molar-refractivity contribution in [2.45, 2.75) is 32.6 Å². The lowest BCUT2D eigenvalue weighted by Crippen LogP contribution is -2.42. The number of benzene rings is 1. The van der Waals surface area contributed by atoms with Gasteiger partial charge < -0.3 is 29.6 Å². The van der Waals surface area contributed by atoms with Crippen LogP contribution < -0.4 is 15.2 Å². The summed E-state index contributed by atoms with van der Waals surface area (Å²) in [5, 5.41) is 9.80. The molecule has 4 rings (SSSR count). The highest BCUT2D eigenvalue weighted by Crippen LogP contribution is 2.48. The fourth-order valence-corrected chi connectivity index (χ4v) is 4.47. The third-order valence-corrected chi connectivity index (χ3v) is 6.06. The summed E-state index contributed by atoms with van der Waals surface area (Å²) >= 11 is 0. The van der Waals surface area contributed by atoms with Gasteiger partial charge in [-0.1, -0.05) is 19.9 Å². The Morgan fingerprint density at radius 1 is 1.24 bits per heavy atom. The molecule has 3 aliphatic rings. The van der Waals surface area contributed by atoms with E-state index < -0.39 is 12.0 Å². The number of Topliss-reactive ketones (excluding diaryl/α,β-unsaturated/α-hetero) is 1. The molecule has 33 heavy (non-hydrogen) atoms. The number of allylic oxidation sites excluding steroid dienone is 3. The first-order valence-corrected chi connectivity index (χ1v) is 10.8. The molecule has 1 fully saturated rings. The zero-order valence-electron chi connectivity index (χ0n) is 19.0. The van der Waals surface area contributed by atoms with Gasteiger partial charge >= 0.3 is 6.09 Å². The minimum Gasteiger partial charge on any atom is -0.493 e. The summed E-state index contributed by atoms with van der Waals surface area (Å²) in [4.78, 5) is 27.2. The van der Waals surface area contributed by atoms with Gasteiger partial charge in [0, 0.05) is 31.5 Å². The van der Waals surface area contributed by atoms with E-state index in [2.05, 4.69) is 6.07 Å². The summed E-state index contributed by atoms with van der Waals surface area (Å²) in [6, 6.07) is 7.08. The number of amides is 1. The maximum Gasteiger partial charge on any atom is 0.415 e. The maximum atomic E-state index is 13.1. The van der Waals surface area contributed by atoms with E-state index in [1.54, 1.807) is 23.1 Å². The van der Waals surface area contributed by atoms with E-state index in [-0.39, 0.29) is 28.4 Å². The molecular weight excluding hydrogens is 426 g/mol. The number of methoxy groups -OCH3 is 1. The summed E-state index contributed by atoms with van der Waals surface area (Å²) in [6.45, 7) is 5.81. The van der Waals surface area contributed by atoms with Gasteiger partial charge in [0.15, 0.2) is 17.3 Å². The summed E-state index contributed by atoms with van der Waals surface area (Å²) in [6.07, 6.45) is 0.388. The predicted octanol–water partition coefficient (Wildman–Crippen LogP) is 2.98. The molecule has 2 N–H and O–H groups in total. The van der Waals surface area contributed by atoms with Crippen molar-refractivity contribution in [2.24, 2.45) is 11.1 Å². The molecule has 0 bridgehead atoms. The third kappa shape index (κ3) is 4.39. The number of rotatable bonds is 3. The van der Waals surface area contributed by atoms with Crippen LogP contribution in [0.15, 0.2) is 41.0 Å². The number of nitrogens with two attached hydrogens (primary N) is 1. The highest BCUT2D eigenvalue weighted by Gasteiger charge is 2.43. The third-order valence-electron chi connectivity index (χ3n) is 6.06. The van der Waals surface area contributed by atoms with Crippen molar-refractivity contribution < 1.29 is 28.5 Å². The molecule has 174 valence electrons. The molecule has 1 aliphatic carbocycles. The quantitative estimate of drug-likeness (QED) is 0.741. The second-order valence-corrected chi connectivity index (χ2v) is 9.08. The van der Waals surface area contributed by atoms with Gasteiger partial charge in [-0.2, -0.15) is 5.26 Å². The molecule has 1 saturated heterocycles. The first kappa shape index (κ1) is 22.7. The van der Waals surface area contributed by atoms with Crippen LogP contribution in [0.3, 0.4) is 0 Å². The van der Waals surface area contributed by atoms with Crippen LogP contribution in [0.2, 0.25) is 0 Å². The average Bonchev–Trinajstić information content (AvgIpc) is 2.78. The zero-order chi connectivity index (χ0) is 23.8. The highest BCUT2D eigenvalue weighted by molar-refractivity contribution is 6.00. The van der Waals surface area contributed by atoms with Crippen LogP contribution in [-0.4, -0.2) is 50.2 Å². The van der Waals surface area contributed by atoms with Crippen LogP contribution in [0.5, 0.6) is 11.5 Å². The lowest BCUT2D eigenvalue weighted by Gasteiger charge is -2.37. The van der Waals surface area contributed by atoms with Crippen molar-refractivity contribution in [3.63, 3.8) is 0 Å². The molecule has 0 saturated carbocycles. The molecule has 0 aromatic heterocycles. The van der Waals surface area contributed by atoms with Crippen molar-refractivity contribution in [1.82, 2.24) is 4.90 Å². The minimum absolute atomic E-state index is 0.00598. The number of hydrogen-bond donors (Lipinski definition) is 1. The summed E-state index contributed by atoms with van der Waals surface area (Å²) < 4.78 is 22.0. The second-order valence-electron chi connectivity index (χ2n) is 9.08. The molecule has 1 aromatic carbocycles. The van der Waals surface area contributed by atoms with Gasteiger partial charge in [-0.3, -0.25) is 4.79 Å². The standard InChI is InChI=1S/C24H27N3O6/c1-24(2)11-16(28)21-19(12-24)32-22(26)15(13-25)20(21)14-4-5-17(18(10-14)30-3)33-23(29)27-6-8-31-9-7-27/h4-5,10,20H,6-9,11-12,26H2,1-3H3/t20-/m0/s1. The number of nitriles is 1. The fraction of sp³-hybridized carbons (Fsp3) is 0.458. The molecule has 2 heterocycles. The molecule has 0 radical (unpaired) electrons. The van der Waals surface area contributed by atoms with E-state index >= 15 is 0 Å². The number of ketones is 1. The normalized spacial score (nSPS) is 22.3. The molecule has 9 heteroatoms. The van der Waals surface area contributed by atoms with E-state index in [1.165, 1.54) is 7.11 Å². The van der Waals surface area contributed by atoms with Crippen LogP contribution >= 0.6 is 0 Å². The van der Waals surface area contributed by atoms with Crippen LogP contribution in [0.1, 0.15) is 38.2 Å². The van der Waals surface area contributed by atoms with Crippen molar-refractivity contribution in [2.75, 3.05) is 33.4 Å². The van der Waals surface area contributed by atoms with Gasteiger partial charge in [0.1, 0.15) is 17.4 Å². The molecule has 1 atom stereocenters. The molecule has 2 aliphatic heterocycles. The second kappa shape index (κ2) is 8.79. The lowest BCUT2D eigenvalue weighted by atomic mass is 9.70. The Kier molecular flexibility index (Phi) is 6.04. The van der Waals surface area contributed by atoms with Gasteiger partial charge in [0.05, 0.1) is 26.2 Å². The number of hydrogen-bond acceptors (Lipinski definition) is 8. The number of carbonyl (C=O) groups excluding carboxylic acids is 2. The number of nitrogens with zero attached hydrogens (tertiary/aromatic N) is 2. The number of ether oxygens (including phenoxy) is 4. The monoisotopic (exact) mass is 453 g/mol. The Bertz CT molecular complexity index is 1090. The molecule has 0 spiro atoms. The fourth-order valence-electron chi connectivity index (χ4n) is 4.47. The van der Waals surface area contributed by atoms with Crippen molar-refractivity contribution >= 4 is 11.9 Å². The summed E-state index contributed by atoms with van der Waals surface area (Å²) in [5.41, 5.74) is 7.06. The van der Waals surface area contributed by atoms with Crippen LogP contribution in [0.25, 0.3) is 0 Å². The van der Waals surface area contributed by atoms with Gasteiger partial charge in [-0.25, -0.2) is 4.79 Å². The highest BCUT2D eigenvalue weighted by atomic mass is 16.6. The minimum atomic E-state index is -0.680. The topological polar surface area (TPSA) is 124 Å². The van der Waals surface area contributed by atoms with Crippen molar-refractivity contribution in [1.29, 1.82) is 5.26 Å². The largest absolute Gasteiger partial charge is 0.493 e. The van der Waals surface area contributed by atoms with Gasteiger partial charge in [-0.15, -0.1) is 0 Å². The van der Waals surface area contributed by atoms with Gasteiger partial charge in [0.2, 0.25) is 5.88 Å². The summed E-state index contributed by atoms with van der Waals surface area (Å²) in [7, 11) is 1.46. The molecule has 1 aromatic rings. The SMILES string of the molecule is COc1cc([C@H]2C(C#N)=C(N)OC3=C2C(=O)CC(C)(C)C3)ccc1OC(=O)N1CCOCC1. The predicted molar refractivity (Wildman–Crippen MR) is 117 cm³/mol. The Labute approximate surface area is 192 Å². The average molecular weight is 453 g/mol. The van der Waals surface area contributed by atoms with E-state index in [0.29, 0.717) is 61.8 Å². The summed E-state index contributed by atoms with van der Waals surface area (Å²) in [5.74, 6) is 0.286. The zero-order valence-corrected chi connectivity index (χ0v) is 19.0. The first-order valence-electron chi connectivity index (χ1n) is 10.8. The first-order chi connectivity index (χ1) is 15.7. The Hall–Kier alpha value is -3.51. The van der Waals surface area contributed by atoms with Crippen molar-refractivity contribution in [3.05, 3.63) is 46.6 Å². The van der Waals surface area contributed by atoms with Gasteiger partial charge in [-0.05, 0) is 23.1 Å². The number of morpholine rings is 1. The Morgan fingerprint density at radius 3 is 2.64 bits per heavy atom. The van der Waals surface area contributed by atoms with E-state index in [1.807, 2.05) is 13.8 Å². The van der Waals surface area contributed by atoms with Gasteiger partial charge in [0.25, 0.3) is 0 Å². The van der Waals surface area contributed by atoms with E-state index in [9.17, 15) is 14.9 Å². The molecule has 1 amide bonds. The van der Waals surface area contributed by atoms with E-state index in [4.69, 9.17) is 24.7 Å². The van der Waals surface area contributed by atoms with Crippen LogP contribution in [0.4, 0.5) is 4.79 Å². The number of carbonyl (C=O) groups is 2. The maximum absolute atomic E-state index is 13.1. The van der Waals surface area contributed by atoms with Crippen LogP contribution in [-0.2, 0) is 14.3 Å². The smallest absolute Gasteiger partial charge is 0.415 e. The Morgan fingerprint density at radius 2 is 1.97 bits per heavy atom. The molecule has 0 unspecified atom stereocenters. The molecule has 9 nitrogen and oxygen atoms in total. The van der Waals surface area contributed by atoms with Crippen molar-refractivity contribution in [3.8, 4) is 17.6 Å². The molecular formula is C24H27N3O6. The lowest BCUT2D eigenvalue weighted by molar-refractivity contribution is -0.119.